The third kappa shape index (κ3) is 2.69. The molecule has 9 nitrogen and oxygen atoms in total. The fourth-order valence-electron chi connectivity index (χ4n) is 3.30. The van der Waals surface area contributed by atoms with Crippen LogP contribution in [-0.2, 0) is 7.05 Å². The van der Waals surface area contributed by atoms with Crippen LogP contribution >= 0.6 is 0 Å². The number of anilines is 1. The van der Waals surface area contributed by atoms with Crippen molar-refractivity contribution in [1.82, 2.24) is 29.6 Å². The molecule has 1 aliphatic heterocycles. The number of hydrogen-bond acceptors (Lipinski definition) is 7. The molecule has 0 atom stereocenters. The minimum absolute atomic E-state index is 0.0729. The van der Waals surface area contributed by atoms with Gasteiger partial charge in [0.25, 0.3) is 5.91 Å². The molecule has 0 bridgehead atoms. The standard InChI is InChI=1S/C17H21N7O2/c1-11(2)14-13(20-10-26-14)17(25)24-6-4-23(5-7-24)16-12-8-21-22(3)15(12)18-9-19-16/h8-11H,4-7H2,1-3H3. The fraction of sp³-hybridized carbons (Fsp3) is 0.471. The van der Waals surface area contributed by atoms with Crippen molar-refractivity contribution in [2.45, 2.75) is 19.8 Å². The van der Waals surface area contributed by atoms with Crippen molar-refractivity contribution in [3.63, 3.8) is 0 Å². The van der Waals surface area contributed by atoms with Gasteiger partial charge in [0.05, 0.1) is 11.6 Å². The van der Waals surface area contributed by atoms with Crippen molar-refractivity contribution in [3.8, 4) is 0 Å². The Hall–Kier alpha value is -2.97. The first-order chi connectivity index (χ1) is 12.6. The summed E-state index contributed by atoms with van der Waals surface area (Å²) in [4.78, 5) is 29.6. The minimum Gasteiger partial charge on any atom is -0.447 e. The Kier molecular flexibility index (Phi) is 4.06. The lowest BCUT2D eigenvalue weighted by Gasteiger charge is -2.35. The third-order valence-corrected chi connectivity index (χ3v) is 4.70. The maximum atomic E-state index is 12.8. The first kappa shape index (κ1) is 16.5. The van der Waals surface area contributed by atoms with E-state index in [2.05, 4.69) is 25.0 Å². The molecule has 1 aliphatic rings. The number of amides is 1. The molecule has 1 amide bonds. The van der Waals surface area contributed by atoms with E-state index in [1.807, 2.05) is 25.8 Å². The fourth-order valence-corrected chi connectivity index (χ4v) is 3.30. The van der Waals surface area contributed by atoms with Crippen LogP contribution in [0.1, 0.15) is 36.0 Å². The first-order valence-corrected chi connectivity index (χ1v) is 8.66. The van der Waals surface area contributed by atoms with Gasteiger partial charge in [-0.3, -0.25) is 9.48 Å². The summed E-state index contributed by atoms with van der Waals surface area (Å²) in [5, 5.41) is 5.18. The van der Waals surface area contributed by atoms with Crippen LogP contribution in [0.4, 0.5) is 5.82 Å². The van der Waals surface area contributed by atoms with E-state index in [4.69, 9.17) is 4.42 Å². The van der Waals surface area contributed by atoms with Crippen molar-refractivity contribution in [2.75, 3.05) is 31.1 Å². The number of carbonyl (C=O) groups is 1. The minimum atomic E-state index is -0.0729. The molecule has 9 heteroatoms. The number of fused-ring (bicyclic) bond motifs is 1. The Labute approximate surface area is 150 Å². The van der Waals surface area contributed by atoms with Crippen LogP contribution < -0.4 is 4.90 Å². The van der Waals surface area contributed by atoms with Gasteiger partial charge in [0.1, 0.15) is 17.9 Å². The zero-order valence-corrected chi connectivity index (χ0v) is 15.1. The number of oxazole rings is 1. The quantitative estimate of drug-likeness (QED) is 0.702. The Morgan fingerprint density at radius 2 is 1.92 bits per heavy atom. The summed E-state index contributed by atoms with van der Waals surface area (Å²) in [5.41, 5.74) is 1.22. The molecule has 0 aromatic carbocycles. The molecule has 1 saturated heterocycles. The highest BCUT2D eigenvalue weighted by Crippen LogP contribution is 2.24. The van der Waals surface area contributed by atoms with Crippen molar-refractivity contribution >= 4 is 22.8 Å². The maximum absolute atomic E-state index is 12.8. The van der Waals surface area contributed by atoms with E-state index in [1.165, 1.54) is 6.39 Å². The second-order valence-electron chi connectivity index (χ2n) is 6.70. The summed E-state index contributed by atoms with van der Waals surface area (Å²) >= 11 is 0. The van der Waals surface area contributed by atoms with Crippen LogP contribution in [0.15, 0.2) is 23.3 Å². The van der Waals surface area contributed by atoms with Crippen LogP contribution in [0.5, 0.6) is 0 Å². The summed E-state index contributed by atoms with van der Waals surface area (Å²) in [7, 11) is 1.86. The van der Waals surface area contributed by atoms with E-state index in [0.717, 1.165) is 16.9 Å². The number of rotatable bonds is 3. The lowest BCUT2D eigenvalue weighted by atomic mass is 10.1. The average molecular weight is 355 g/mol. The molecular weight excluding hydrogens is 334 g/mol. The summed E-state index contributed by atoms with van der Waals surface area (Å²) in [6.45, 7) is 6.58. The van der Waals surface area contributed by atoms with Gasteiger partial charge in [-0.2, -0.15) is 5.10 Å². The van der Waals surface area contributed by atoms with Gasteiger partial charge in [-0.05, 0) is 0 Å². The van der Waals surface area contributed by atoms with Crippen LogP contribution in [-0.4, -0.2) is 61.7 Å². The first-order valence-electron chi connectivity index (χ1n) is 8.66. The van der Waals surface area contributed by atoms with Crippen molar-refractivity contribution in [1.29, 1.82) is 0 Å². The summed E-state index contributed by atoms with van der Waals surface area (Å²) < 4.78 is 7.12. The Bertz CT molecular complexity index is 938. The summed E-state index contributed by atoms with van der Waals surface area (Å²) in [6.07, 6.45) is 4.69. The molecule has 3 aromatic rings. The van der Waals surface area contributed by atoms with Gasteiger partial charge >= 0.3 is 0 Å². The zero-order chi connectivity index (χ0) is 18.3. The number of aryl methyl sites for hydroxylation is 1. The van der Waals surface area contributed by atoms with Crippen molar-refractivity contribution in [2.24, 2.45) is 7.05 Å². The van der Waals surface area contributed by atoms with Crippen molar-refractivity contribution in [3.05, 3.63) is 30.4 Å². The molecule has 4 heterocycles. The Morgan fingerprint density at radius 3 is 2.65 bits per heavy atom. The van der Waals surface area contributed by atoms with Crippen LogP contribution in [0, 0.1) is 0 Å². The van der Waals surface area contributed by atoms with Crippen molar-refractivity contribution < 1.29 is 9.21 Å². The predicted molar refractivity (Wildman–Crippen MR) is 95.0 cm³/mol. The van der Waals surface area contributed by atoms with E-state index < -0.39 is 0 Å². The molecular formula is C17H21N7O2. The average Bonchev–Trinajstić information content (AvgIpc) is 3.29. The SMILES string of the molecule is CC(C)c1ocnc1C(=O)N1CCN(c2ncnc3c2cnn3C)CC1. The van der Waals surface area contributed by atoms with Gasteiger partial charge in [-0.15, -0.1) is 0 Å². The monoisotopic (exact) mass is 355 g/mol. The molecule has 26 heavy (non-hydrogen) atoms. The largest absolute Gasteiger partial charge is 0.447 e. The lowest BCUT2D eigenvalue weighted by Crippen LogP contribution is -2.49. The van der Waals surface area contributed by atoms with Gasteiger partial charge in [0, 0.05) is 39.1 Å². The Morgan fingerprint density at radius 1 is 1.15 bits per heavy atom. The summed E-state index contributed by atoms with van der Waals surface area (Å²) in [6, 6.07) is 0. The molecule has 1 fully saturated rings. The molecule has 0 N–H and O–H groups in total. The highest BCUT2D eigenvalue weighted by Gasteiger charge is 2.28. The highest BCUT2D eigenvalue weighted by molar-refractivity contribution is 5.93. The van der Waals surface area contributed by atoms with E-state index in [9.17, 15) is 4.79 Å². The number of aromatic nitrogens is 5. The van der Waals surface area contributed by atoms with Gasteiger partial charge in [-0.25, -0.2) is 15.0 Å². The van der Waals surface area contributed by atoms with Gasteiger partial charge < -0.3 is 14.2 Å². The molecule has 136 valence electrons. The number of nitrogens with zero attached hydrogens (tertiary/aromatic N) is 7. The zero-order valence-electron chi connectivity index (χ0n) is 15.1. The van der Waals surface area contributed by atoms with Crippen LogP contribution in [0.2, 0.25) is 0 Å². The normalized spacial score (nSPS) is 15.2. The van der Waals surface area contributed by atoms with Gasteiger partial charge in [-0.1, -0.05) is 13.8 Å². The third-order valence-electron chi connectivity index (χ3n) is 4.70. The molecule has 0 radical (unpaired) electrons. The molecule has 3 aromatic heterocycles. The summed E-state index contributed by atoms with van der Waals surface area (Å²) in [5.74, 6) is 1.55. The second-order valence-corrected chi connectivity index (χ2v) is 6.70. The predicted octanol–water partition coefficient (Wildman–Crippen LogP) is 1.44. The lowest BCUT2D eigenvalue weighted by molar-refractivity contribution is 0.0738. The van der Waals surface area contributed by atoms with E-state index in [1.54, 1.807) is 17.2 Å². The topological polar surface area (TPSA) is 93.2 Å². The number of hydrogen-bond donors (Lipinski definition) is 0. The molecule has 0 unspecified atom stereocenters. The molecule has 0 aliphatic carbocycles. The van der Waals surface area contributed by atoms with Gasteiger partial charge in [0.2, 0.25) is 0 Å². The molecule has 0 spiro atoms. The maximum Gasteiger partial charge on any atom is 0.276 e. The molecule has 0 saturated carbocycles. The molecule has 4 rings (SSSR count). The van der Waals surface area contributed by atoms with Gasteiger partial charge in [0.15, 0.2) is 17.7 Å². The number of carbonyl (C=O) groups excluding carboxylic acids is 1. The van der Waals surface area contributed by atoms with E-state index in [0.29, 0.717) is 37.6 Å². The Balaban J connectivity index is 1.50. The number of piperazine rings is 1. The van der Waals surface area contributed by atoms with Crippen LogP contribution in [0.25, 0.3) is 11.0 Å². The smallest absolute Gasteiger partial charge is 0.276 e. The van der Waals surface area contributed by atoms with E-state index >= 15 is 0 Å². The van der Waals surface area contributed by atoms with Crippen LogP contribution in [0.3, 0.4) is 0 Å². The highest BCUT2D eigenvalue weighted by atomic mass is 16.3. The second kappa shape index (κ2) is 6.40. The van der Waals surface area contributed by atoms with E-state index in [-0.39, 0.29) is 11.8 Å².